The summed E-state index contributed by atoms with van der Waals surface area (Å²) in [5.41, 5.74) is 7.42. The zero-order chi connectivity index (χ0) is 9.97. The van der Waals surface area contributed by atoms with E-state index in [1.54, 1.807) is 10.7 Å². The van der Waals surface area contributed by atoms with Crippen molar-refractivity contribution in [1.29, 1.82) is 0 Å². The van der Waals surface area contributed by atoms with Gasteiger partial charge in [0, 0.05) is 18.8 Å². The molecule has 0 aliphatic heterocycles. The maximum Gasteiger partial charge on any atom is 0.179 e. The van der Waals surface area contributed by atoms with E-state index in [1.807, 2.05) is 12.1 Å². The Labute approximate surface area is 80.3 Å². The molecule has 0 saturated heterocycles. The van der Waals surface area contributed by atoms with Gasteiger partial charge in [-0.15, -0.1) is 5.10 Å². The molecule has 2 rings (SSSR count). The molecule has 2 aromatic rings. The molecule has 0 amide bonds. The highest BCUT2D eigenvalue weighted by Crippen LogP contribution is 2.13. The maximum atomic E-state index is 8.75. The number of aromatic nitrogens is 4. The van der Waals surface area contributed by atoms with Crippen molar-refractivity contribution in [1.82, 2.24) is 20.0 Å². The molecule has 2 heterocycles. The van der Waals surface area contributed by atoms with Crippen molar-refractivity contribution in [2.45, 2.75) is 12.5 Å². The van der Waals surface area contributed by atoms with Crippen LogP contribution in [0.2, 0.25) is 0 Å². The van der Waals surface area contributed by atoms with E-state index in [4.69, 9.17) is 10.8 Å². The maximum absolute atomic E-state index is 8.75. The lowest BCUT2D eigenvalue weighted by Crippen LogP contribution is -2.12. The van der Waals surface area contributed by atoms with Crippen LogP contribution in [0.3, 0.4) is 0 Å². The molecule has 0 aliphatic rings. The standard InChI is InChI=1S/C8H11N5O/c9-7(2-4-14)6-1-3-13-8(5-6)10-11-12-13/h1,3,5,7,14H,2,4,9H2. The zero-order valence-corrected chi connectivity index (χ0v) is 7.54. The number of nitrogens with zero attached hydrogens (tertiary/aromatic N) is 4. The number of hydrogen-bond donors (Lipinski definition) is 2. The van der Waals surface area contributed by atoms with Crippen LogP contribution in [0.25, 0.3) is 5.65 Å². The van der Waals surface area contributed by atoms with Crippen LogP contribution >= 0.6 is 0 Å². The third-order valence-corrected chi connectivity index (χ3v) is 2.09. The second kappa shape index (κ2) is 3.69. The van der Waals surface area contributed by atoms with Crippen LogP contribution in [0.15, 0.2) is 18.3 Å². The molecule has 74 valence electrons. The Kier molecular flexibility index (Phi) is 2.38. The summed E-state index contributed by atoms with van der Waals surface area (Å²) >= 11 is 0. The second-order valence-corrected chi connectivity index (χ2v) is 3.06. The summed E-state index contributed by atoms with van der Waals surface area (Å²) in [6, 6.07) is 3.51. The van der Waals surface area contributed by atoms with E-state index in [0.717, 1.165) is 5.56 Å². The summed E-state index contributed by atoms with van der Waals surface area (Å²) in [4.78, 5) is 0. The number of fused-ring (bicyclic) bond motifs is 1. The topological polar surface area (TPSA) is 89.3 Å². The summed E-state index contributed by atoms with van der Waals surface area (Å²) in [7, 11) is 0. The first-order valence-corrected chi connectivity index (χ1v) is 4.35. The molecule has 3 N–H and O–H groups in total. The summed E-state index contributed by atoms with van der Waals surface area (Å²) in [6.07, 6.45) is 2.29. The highest BCUT2D eigenvalue weighted by atomic mass is 16.3. The van der Waals surface area contributed by atoms with E-state index in [1.165, 1.54) is 0 Å². The number of rotatable bonds is 3. The molecule has 6 heteroatoms. The summed E-state index contributed by atoms with van der Waals surface area (Å²) < 4.78 is 1.56. The van der Waals surface area contributed by atoms with E-state index in [0.29, 0.717) is 12.1 Å². The number of nitrogens with two attached hydrogens (primary N) is 1. The molecule has 6 nitrogen and oxygen atoms in total. The SMILES string of the molecule is NC(CCO)c1ccn2nnnc2c1. The number of aliphatic hydroxyl groups excluding tert-OH is 1. The molecule has 0 aromatic carbocycles. The van der Waals surface area contributed by atoms with E-state index < -0.39 is 0 Å². The zero-order valence-electron chi connectivity index (χ0n) is 7.54. The predicted molar refractivity (Wildman–Crippen MR) is 49.4 cm³/mol. The Hall–Kier alpha value is -1.53. The number of hydrogen-bond acceptors (Lipinski definition) is 5. The Morgan fingerprint density at radius 1 is 1.57 bits per heavy atom. The Bertz CT molecular complexity index is 426. The molecule has 14 heavy (non-hydrogen) atoms. The fourth-order valence-corrected chi connectivity index (χ4v) is 1.29. The van der Waals surface area contributed by atoms with E-state index in [2.05, 4.69) is 15.5 Å². The highest BCUT2D eigenvalue weighted by molar-refractivity contribution is 5.39. The smallest absolute Gasteiger partial charge is 0.179 e. The first-order valence-electron chi connectivity index (χ1n) is 4.35. The van der Waals surface area contributed by atoms with Crippen LogP contribution in [0, 0.1) is 0 Å². The first kappa shape index (κ1) is 9.04. The molecule has 0 aliphatic carbocycles. The van der Waals surface area contributed by atoms with Gasteiger partial charge in [0.15, 0.2) is 5.65 Å². The molecule has 0 saturated carbocycles. The third kappa shape index (κ3) is 1.57. The van der Waals surface area contributed by atoms with Gasteiger partial charge in [0.05, 0.1) is 0 Å². The third-order valence-electron chi connectivity index (χ3n) is 2.09. The van der Waals surface area contributed by atoms with E-state index in [9.17, 15) is 0 Å². The molecule has 1 atom stereocenters. The van der Waals surface area contributed by atoms with Gasteiger partial charge < -0.3 is 10.8 Å². The quantitative estimate of drug-likeness (QED) is 0.686. The van der Waals surface area contributed by atoms with Crippen LogP contribution in [0.4, 0.5) is 0 Å². The van der Waals surface area contributed by atoms with Gasteiger partial charge in [0.1, 0.15) is 0 Å². The van der Waals surface area contributed by atoms with Crippen molar-refractivity contribution in [3.8, 4) is 0 Å². The van der Waals surface area contributed by atoms with Crippen molar-refractivity contribution in [2.24, 2.45) is 5.73 Å². The van der Waals surface area contributed by atoms with Crippen LogP contribution in [0.1, 0.15) is 18.0 Å². The van der Waals surface area contributed by atoms with Crippen molar-refractivity contribution >= 4 is 5.65 Å². The summed E-state index contributed by atoms with van der Waals surface area (Å²) in [5, 5.41) is 19.8. The lowest BCUT2D eigenvalue weighted by Gasteiger charge is -2.09. The highest BCUT2D eigenvalue weighted by Gasteiger charge is 2.06. The monoisotopic (exact) mass is 193 g/mol. The Balaban J connectivity index is 2.33. The lowest BCUT2D eigenvalue weighted by atomic mass is 10.1. The van der Waals surface area contributed by atoms with Gasteiger partial charge in [-0.2, -0.15) is 0 Å². The van der Waals surface area contributed by atoms with Gasteiger partial charge in [-0.05, 0) is 34.5 Å². The minimum atomic E-state index is -0.165. The van der Waals surface area contributed by atoms with Crippen molar-refractivity contribution in [2.75, 3.05) is 6.61 Å². The molecule has 0 spiro atoms. The first-order chi connectivity index (χ1) is 6.81. The van der Waals surface area contributed by atoms with Gasteiger partial charge in [-0.1, -0.05) is 0 Å². The van der Waals surface area contributed by atoms with Crippen LogP contribution in [-0.2, 0) is 0 Å². The van der Waals surface area contributed by atoms with Crippen LogP contribution < -0.4 is 5.73 Å². The van der Waals surface area contributed by atoms with E-state index in [-0.39, 0.29) is 12.6 Å². The van der Waals surface area contributed by atoms with Gasteiger partial charge in [0.2, 0.25) is 0 Å². The number of tetrazole rings is 1. The molecule has 0 fully saturated rings. The van der Waals surface area contributed by atoms with Crippen molar-refractivity contribution < 1.29 is 5.11 Å². The molecule has 1 unspecified atom stereocenters. The second-order valence-electron chi connectivity index (χ2n) is 3.06. The minimum Gasteiger partial charge on any atom is -0.396 e. The average Bonchev–Trinajstić information content (AvgIpc) is 2.64. The predicted octanol–water partition coefficient (Wildman–Crippen LogP) is -0.494. The molecule has 0 radical (unpaired) electrons. The summed E-state index contributed by atoms with van der Waals surface area (Å²) in [5.74, 6) is 0. The van der Waals surface area contributed by atoms with Gasteiger partial charge in [-0.3, -0.25) is 0 Å². The van der Waals surface area contributed by atoms with Crippen molar-refractivity contribution in [3.63, 3.8) is 0 Å². The van der Waals surface area contributed by atoms with Crippen LogP contribution in [-0.4, -0.2) is 31.8 Å². The fourth-order valence-electron chi connectivity index (χ4n) is 1.29. The Morgan fingerprint density at radius 3 is 3.21 bits per heavy atom. The average molecular weight is 193 g/mol. The molecule has 2 aromatic heterocycles. The van der Waals surface area contributed by atoms with E-state index >= 15 is 0 Å². The van der Waals surface area contributed by atoms with Gasteiger partial charge in [0.25, 0.3) is 0 Å². The largest absolute Gasteiger partial charge is 0.396 e. The number of aliphatic hydroxyl groups is 1. The Morgan fingerprint density at radius 2 is 2.43 bits per heavy atom. The number of pyridine rings is 1. The van der Waals surface area contributed by atoms with Gasteiger partial charge >= 0.3 is 0 Å². The summed E-state index contributed by atoms with van der Waals surface area (Å²) in [6.45, 7) is 0.0806. The molecular formula is C8H11N5O. The normalized spacial score (nSPS) is 13.3. The molecule has 0 bridgehead atoms. The lowest BCUT2D eigenvalue weighted by molar-refractivity contribution is 0.276. The van der Waals surface area contributed by atoms with Crippen LogP contribution in [0.5, 0.6) is 0 Å². The van der Waals surface area contributed by atoms with Crippen molar-refractivity contribution in [3.05, 3.63) is 23.9 Å². The minimum absolute atomic E-state index is 0.0806. The fraction of sp³-hybridized carbons (Fsp3) is 0.375. The molecular weight excluding hydrogens is 182 g/mol. The van der Waals surface area contributed by atoms with Gasteiger partial charge in [-0.25, -0.2) is 4.52 Å².